The molecule has 1 atom stereocenters. The number of rotatable bonds is 7. The number of aliphatic hydroxyl groups excluding tert-OH is 1. The third-order valence-corrected chi connectivity index (χ3v) is 7.17. The molecule has 5 rings (SSSR count). The Kier molecular flexibility index (Phi) is 7.79. The van der Waals surface area contributed by atoms with Gasteiger partial charge in [-0.25, -0.2) is 0 Å². The van der Waals surface area contributed by atoms with Crippen molar-refractivity contribution in [1.29, 1.82) is 0 Å². The minimum atomic E-state index is -1.07. The maximum absolute atomic E-state index is 13.5. The number of aromatic hydroxyl groups is 1. The maximum Gasteiger partial charge on any atom is 0.300 e. The second kappa shape index (κ2) is 11.4. The minimum absolute atomic E-state index is 0.00307. The molecule has 0 spiro atoms. The minimum Gasteiger partial charge on any atom is -0.508 e. The number of ketones is 1. The highest BCUT2D eigenvalue weighted by Gasteiger charge is 2.47. The number of phenolic OH excluding ortho intramolecular Hbond substituents is 1. The van der Waals surface area contributed by atoms with Crippen molar-refractivity contribution in [3.63, 3.8) is 0 Å². The van der Waals surface area contributed by atoms with E-state index in [1.165, 1.54) is 37.3 Å². The second-order valence-electron chi connectivity index (χ2n) is 8.96. The molecular weight excluding hydrogens is 569 g/mol. The number of anilines is 1. The number of aliphatic hydroxyl groups is 1. The first kappa shape index (κ1) is 27.9. The van der Waals surface area contributed by atoms with E-state index >= 15 is 0 Å². The smallest absolute Gasteiger partial charge is 0.300 e. The summed E-state index contributed by atoms with van der Waals surface area (Å²) in [5, 5.41) is 21.5. The number of Topliss-reactive ketones (excluding diaryl/α,β-unsaturated/α-hetero) is 1. The zero-order chi connectivity index (χ0) is 29.3. The highest BCUT2D eigenvalue weighted by atomic mass is 35.5. The largest absolute Gasteiger partial charge is 0.508 e. The first-order chi connectivity index (χ1) is 19.7. The number of benzene rings is 4. The number of amides is 1. The highest BCUT2D eigenvalue weighted by molar-refractivity contribution is 6.52. The topological polar surface area (TPSA) is 106 Å². The van der Waals surface area contributed by atoms with E-state index in [2.05, 4.69) is 0 Å². The van der Waals surface area contributed by atoms with Crippen LogP contribution in [0.1, 0.15) is 17.2 Å². The van der Waals surface area contributed by atoms with E-state index in [4.69, 9.17) is 37.4 Å². The van der Waals surface area contributed by atoms with Gasteiger partial charge in [-0.2, -0.15) is 0 Å². The SMILES string of the molecule is COc1c(Cl)cc(/C(O)=C2\C(=O)C(=O)N(c3ccc(Oc4ccccc4)cc3)C2c2ccc(O)cc2)c(OC)c1Cl. The molecule has 0 aliphatic carbocycles. The Morgan fingerprint density at radius 1 is 0.829 bits per heavy atom. The van der Waals surface area contributed by atoms with Gasteiger partial charge in [0, 0.05) is 5.69 Å². The summed E-state index contributed by atoms with van der Waals surface area (Å²) in [6.07, 6.45) is 0. The van der Waals surface area contributed by atoms with Crippen molar-refractivity contribution >= 4 is 46.3 Å². The van der Waals surface area contributed by atoms with Crippen LogP contribution in [-0.2, 0) is 9.59 Å². The molecule has 10 heteroatoms. The predicted octanol–water partition coefficient (Wildman–Crippen LogP) is 7.13. The third-order valence-electron chi connectivity index (χ3n) is 6.54. The molecule has 1 saturated heterocycles. The zero-order valence-corrected chi connectivity index (χ0v) is 23.3. The Balaban J connectivity index is 1.65. The third kappa shape index (κ3) is 5.15. The molecule has 1 aliphatic heterocycles. The molecule has 208 valence electrons. The Bertz CT molecular complexity index is 1650. The molecule has 8 nitrogen and oxygen atoms in total. The van der Waals surface area contributed by atoms with Gasteiger partial charge in [-0.05, 0) is 60.2 Å². The van der Waals surface area contributed by atoms with Crippen LogP contribution in [0.2, 0.25) is 10.0 Å². The van der Waals surface area contributed by atoms with Crippen LogP contribution in [0.5, 0.6) is 28.7 Å². The van der Waals surface area contributed by atoms with Crippen molar-refractivity contribution in [1.82, 2.24) is 0 Å². The molecule has 4 aromatic rings. The van der Waals surface area contributed by atoms with E-state index in [-0.39, 0.29) is 38.4 Å². The average molecular weight is 592 g/mol. The summed E-state index contributed by atoms with van der Waals surface area (Å²) in [7, 11) is 2.71. The lowest BCUT2D eigenvalue weighted by Gasteiger charge is -2.26. The van der Waals surface area contributed by atoms with Crippen LogP contribution < -0.4 is 19.1 Å². The van der Waals surface area contributed by atoms with Gasteiger partial charge in [-0.1, -0.05) is 53.5 Å². The van der Waals surface area contributed by atoms with Crippen molar-refractivity contribution in [3.05, 3.63) is 112 Å². The molecule has 2 N–H and O–H groups in total. The van der Waals surface area contributed by atoms with Gasteiger partial charge in [0.05, 0.1) is 36.4 Å². The van der Waals surface area contributed by atoms with Gasteiger partial charge in [0.2, 0.25) is 0 Å². The standard InChI is InChI=1S/C31H23Cl2NO7/c1-39-29-22(16-23(32)30(40-2)25(29)33)27(36)24-26(17-8-12-19(35)13-9-17)34(31(38)28(24)37)18-10-14-21(15-11-18)41-20-6-4-3-5-7-20/h3-16,26,35-36H,1-2H3/b27-24+. The predicted molar refractivity (Wildman–Crippen MR) is 155 cm³/mol. The van der Waals surface area contributed by atoms with Crippen LogP contribution in [0.15, 0.2) is 90.5 Å². The number of carbonyl (C=O) groups is 2. The Morgan fingerprint density at radius 3 is 2.05 bits per heavy atom. The van der Waals surface area contributed by atoms with E-state index in [9.17, 15) is 19.8 Å². The molecule has 0 bridgehead atoms. The molecule has 1 heterocycles. The number of hydrogen-bond donors (Lipinski definition) is 2. The van der Waals surface area contributed by atoms with Gasteiger partial charge in [0.25, 0.3) is 11.7 Å². The molecule has 0 aromatic heterocycles. The number of methoxy groups -OCH3 is 2. The first-order valence-corrected chi connectivity index (χ1v) is 13.0. The van der Waals surface area contributed by atoms with E-state index in [1.807, 2.05) is 30.3 Å². The Morgan fingerprint density at radius 2 is 1.44 bits per heavy atom. The lowest BCUT2D eigenvalue weighted by atomic mass is 9.94. The number of ether oxygens (including phenoxy) is 3. The van der Waals surface area contributed by atoms with Crippen molar-refractivity contribution < 1.29 is 34.0 Å². The Labute approximate surface area is 245 Å². The molecule has 1 amide bonds. The molecular formula is C31H23Cl2NO7. The number of halogens is 2. The number of hydrogen-bond acceptors (Lipinski definition) is 7. The Hall–Kier alpha value is -4.66. The van der Waals surface area contributed by atoms with Crippen molar-refractivity contribution in [3.8, 4) is 28.7 Å². The van der Waals surface area contributed by atoms with Gasteiger partial charge >= 0.3 is 0 Å². The molecule has 41 heavy (non-hydrogen) atoms. The van der Waals surface area contributed by atoms with Gasteiger partial charge in [-0.15, -0.1) is 0 Å². The van der Waals surface area contributed by atoms with Gasteiger partial charge in [0.1, 0.15) is 28.0 Å². The fourth-order valence-corrected chi connectivity index (χ4v) is 5.35. The molecule has 1 fully saturated rings. The average Bonchev–Trinajstić information content (AvgIpc) is 3.24. The van der Waals surface area contributed by atoms with E-state index in [0.717, 1.165) is 0 Å². The highest BCUT2D eigenvalue weighted by Crippen LogP contribution is 2.48. The first-order valence-electron chi connectivity index (χ1n) is 12.3. The van der Waals surface area contributed by atoms with E-state index in [0.29, 0.717) is 22.7 Å². The number of nitrogens with zero attached hydrogens (tertiary/aromatic N) is 1. The van der Waals surface area contributed by atoms with Gasteiger partial charge in [-0.3, -0.25) is 14.5 Å². The van der Waals surface area contributed by atoms with Crippen LogP contribution in [0.3, 0.4) is 0 Å². The van der Waals surface area contributed by atoms with E-state index in [1.54, 1.807) is 36.4 Å². The normalized spacial score (nSPS) is 16.1. The van der Waals surface area contributed by atoms with Crippen LogP contribution in [0, 0.1) is 0 Å². The fraction of sp³-hybridized carbons (Fsp3) is 0.0968. The lowest BCUT2D eigenvalue weighted by Crippen LogP contribution is -2.29. The number of phenols is 1. The van der Waals surface area contributed by atoms with Crippen LogP contribution in [0.4, 0.5) is 5.69 Å². The van der Waals surface area contributed by atoms with Crippen molar-refractivity contribution in [2.45, 2.75) is 6.04 Å². The summed E-state index contributed by atoms with van der Waals surface area (Å²) in [5.74, 6) is -1.08. The maximum atomic E-state index is 13.5. The summed E-state index contributed by atoms with van der Waals surface area (Å²) in [4.78, 5) is 28.3. The summed E-state index contributed by atoms with van der Waals surface area (Å²) < 4.78 is 16.5. The van der Waals surface area contributed by atoms with E-state index < -0.39 is 23.5 Å². The quantitative estimate of drug-likeness (QED) is 0.134. The lowest BCUT2D eigenvalue weighted by molar-refractivity contribution is -0.132. The summed E-state index contributed by atoms with van der Waals surface area (Å²) >= 11 is 12.8. The molecule has 1 aliphatic rings. The monoisotopic (exact) mass is 591 g/mol. The molecule has 0 radical (unpaired) electrons. The van der Waals surface area contributed by atoms with Crippen molar-refractivity contribution in [2.24, 2.45) is 0 Å². The fourth-order valence-electron chi connectivity index (χ4n) is 4.66. The van der Waals surface area contributed by atoms with Gasteiger partial charge < -0.3 is 24.4 Å². The second-order valence-corrected chi connectivity index (χ2v) is 9.74. The molecule has 4 aromatic carbocycles. The van der Waals surface area contributed by atoms with Crippen molar-refractivity contribution in [2.75, 3.05) is 19.1 Å². The van der Waals surface area contributed by atoms with Crippen LogP contribution in [-0.4, -0.2) is 36.1 Å². The molecule has 0 saturated carbocycles. The molecule has 1 unspecified atom stereocenters. The number of carbonyl (C=O) groups excluding carboxylic acids is 2. The van der Waals surface area contributed by atoms with Gasteiger partial charge in [0.15, 0.2) is 11.5 Å². The zero-order valence-electron chi connectivity index (χ0n) is 21.8. The van der Waals surface area contributed by atoms with Crippen LogP contribution in [0.25, 0.3) is 5.76 Å². The summed E-state index contributed by atoms with van der Waals surface area (Å²) in [5.41, 5.74) is 0.609. The number of para-hydroxylation sites is 1. The van der Waals surface area contributed by atoms with Crippen LogP contribution >= 0.6 is 23.2 Å². The summed E-state index contributed by atoms with van der Waals surface area (Å²) in [6, 6.07) is 22.0. The summed E-state index contributed by atoms with van der Waals surface area (Å²) in [6.45, 7) is 0.